The number of aromatic hydroxyl groups is 1. The summed E-state index contributed by atoms with van der Waals surface area (Å²) in [5.41, 5.74) is -0.665. The molecule has 0 saturated heterocycles. The maximum atomic E-state index is 11.7. The predicted octanol–water partition coefficient (Wildman–Crippen LogP) is 2.38. The molecule has 0 aliphatic heterocycles. The summed E-state index contributed by atoms with van der Waals surface area (Å²) >= 11 is 0. The van der Waals surface area contributed by atoms with Crippen LogP contribution in [0.5, 0.6) is 5.75 Å². The van der Waals surface area contributed by atoms with Crippen molar-refractivity contribution in [1.82, 2.24) is 0 Å². The van der Waals surface area contributed by atoms with Gasteiger partial charge in [-0.1, -0.05) is 6.07 Å². The third-order valence-electron chi connectivity index (χ3n) is 2.74. The van der Waals surface area contributed by atoms with E-state index in [2.05, 4.69) is 5.32 Å². The summed E-state index contributed by atoms with van der Waals surface area (Å²) in [5.74, 6) is -4.18. The Labute approximate surface area is 132 Å². The van der Waals surface area contributed by atoms with Crippen molar-refractivity contribution in [1.29, 1.82) is 0 Å². The molecule has 126 valence electrons. The highest BCUT2D eigenvalue weighted by molar-refractivity contribution is 5.88. The topological polar surface area (TPSA) is 133 Å². The number of hydrogen-bond donors (Lipinski definition) is 4. The fourth-order valence-electron chi connectivity index (χ4n) is 1.81. The van der Waals surface area contributed by atoms with Gasteiger partial charge in [-0.05, 0) is 38.5 Å². The van der Waals surface area contributed by atoms with Gasteiger partial charge in [0.05, 0.1) is 18.0 Å². The number of aliphatic carboxylic acids is 2. The van der Waals surface area contributed by atoms with Crippen LogP contribution in [0.1, 0.15) is 38.7 Å². The second-order valence-corrected chi connectivity index (χ2v) is 5.89. The Balaban J connectivity index is 3.04. The van der Waals surface area contributed by atoms with Gasteiger partial charge >= 0.3 is 18.0 Å². The molecule has 0 saturated carbocycles. The molecule has 0 radical (unpaired) electrons. The van der Waals surface area contributed by atoms with E-state index < -0.39 is 36.0 Å². The minimum Gasteiger partial charge on any atom is -0.506 e. The van der Waals surface area contributed by atoms with E-state index in [0.29, 0.717) is 0 Å². The van der Waals surface area contributed by atoms with Crippen LogP contribution < -0.4 is 5.32 Å². The molecule has 1 aromatic carbocycles. The number of phenols is 1. The molecule has 0 heterocycles. The van der Waals surface area contributed by atoms with Gasteiger partial charge in [-0.3, -0.25) is 14.9 Å². The minimum absolute atomic E-state index is 0.0617. The van der Waals surface area contributed by atoms with E-state index >= 15 is 0 Å². The van der Waals surface area contributed by atoms with E-state index in [9.17, 15) is 19.5 Å². The molecule has 0 aromatic heterocycles. The molecular weight excluding hydrogens is 306 g/mol. The van der Waals surface area contributed by atoms with Gasteiger partial charge in [0.25, 0.3) is 0 Å². The summed E-state index contributed by atoms with van der Waals surface area (Å²) in [6.07, 6.45) is -1.44. The van der Waals surface area contributed by atoms with Crippen molar-refractivity contribution in [3.63, 3.8) is 0 Å². The van der Waals surface area contributed by atoms with Crippen LogP contribution in [0.15, 0.2) is 18.2 Å². The van der Waals surface area contributed by atoms with Gasteiger partial charge < -0.3 is 20.1 Å². The average Bonchev–Trinajstić information content (AvgIpc) is 2.36. The fourth-order valence-corrected chi connectivity index (χ4v) is 1.81. The van der Waals surface area contributed by atoms with Crippen molar-refractivity contribution < 1.29 is 34.4 Å². The monoisotopic (exact) mass is 325 g/mol. The van der Waals surface area contributed by atoms with Crippen molar-refractivity contribution in [3.05, 3.63) is 23.8 Å². The number of phenolic OH excluding ortho intramolecular Hbond substituents is 1. The lowest BCUT2D eigenvalue weighted by molar-refractivity contribution is -0.145. The van der Waals surface area contributed by atoms with Crippen molar-refractivity contribution in [2.75, 3.05) is 5.32 Å². The zero-order chi connectivity index (χ0) is 17.8. The molecular formula is C15H19NO7. The summed E-state index contributed by atoms with van der Waals surface area (Å²) in [6, 6.07) is 3.68. The Morgan fingerprint density at radius 2 is 1.83 bits per heavy atom. The Morgan fingerprint density at radius 1 is 1.22 bits per heavy atom. The normalized spacial score (nSPS) is 12.3. The van der Waals surface area contributed by atoms with Crippen LogP contribution in [0.3, 0.4) is 0 Å². The van der Waals surface area contributed by atoms with Crippen molar-refractivity contribution >= 4 is 23.7 Å². The first-order valence-electron chi connectivity index (χ1n) is 6.77. The number of anilines is 1. The molecule has 8 nitrogen and oxygen atoms in total. The molecule has 23 heavy (non-hydrogen) atoms. The summed E-state index contributed by atoms with van der Waals surface area (Å²) in [6.45, 7) is 4.99. The van der Waals surface area contributed by atoms with Crippen molar-refractivity contribution in [2.45, 2.75) is 38.7 Å². The number of amides is 1. The second kappa shape index (κ2) is 6.99. The zero-order valence-electron chi connectivity index (χ0n) is 13.0. The number of rotatable bonds is 5. The standard InChI is InChI=1S/C15H19NO7/c1-15(2,3)23-14(22)16-10-6-8(4-5-11(10)17)9(13(20)21)7-12(18)19/h4-6,9,17H,7H2,1-3H3,(H,16,22)(H,18,19)(H,20,21). The average molecular weight is 325 g/mol. The Kier molecular flexibility index (Phi) is 5.56. The number of hydrogen-bond acceptors (Lipinski definition) is 5. The van der Waals surface area contributed by atoms with E-state index in [1.807, 2.05) is 0 Å². The van der Waals surface area contributed by atoms with Crippen LogP contribution in [0.4, 0.5) is 10.5 Å². The van der Waals surface area contributed by atoms with E-state index in [1.54, 1.807) is 20.8 Å². The number of carboxylic acid groups (broad SMARTS) is 2. The summed E-state index contributed by atoms with van der Waals surface area (Å²) < 4.78 is 5.04. The first-order chi connectivity index (χ1) is 10.5. The fraction of sp³-hybridized carbons (Fsp3) is 0.400. The number of ether oxygens (including phenoxy) is 1. The molecule has 8 heteroatoms. The van der Waals surface area contributed by atoms with Gasteiger partial charge in [0.1, 0.15) is 11.4 Å². The van der Waals surface area contributed by atoms with E-state index in [1.165, 1.54) is 18.2 Å². The largest absolute Gasteiger partial charge is 0.506 e. The summed E-state index contributed by atoms with van der Waals surface area (Å²) in [7, 11) is 0. The van der Waals surface area contributed by atoms with E-state index in [0.717, 1.165) is 0 Å². The lowest BCUT2D eigenvalue weighted by Gasteiger charge is -2.20. The minimum atomic E-state index is -1.32. The predicted molar refractivity (Wildman–Crippen MR) is 80.6 cm³/mol. The Bertz CT molecular complexity index is 619. The lowest BCUT2D eigenvalue weighted by atomic mass is 9.95. The number of benzene rings is 1. The van der Waals surface area contributed by atoms with Gasteiger partial charge in [0.15, 0.2) is 0 Å². The molecule has 1 atom stereocenters. The zero-order valence-corrected chi connectivity index (χ0v) is 13.0. The van der Waals surface area contributed by atoms with Crippen LogP contribution in [-0.4, -0.2) is 39.0 Å². The van der Waals surface area contributed by atoms with E-state index in [-0.39, 0.29) is 17.0 Å². The molecule has 0 bridgehead atoms. The molecule has 0 aliphatic carbocycles. The molecule has 1 aromatic rings. The van der Waals surface area contributed by atoms with Crippen LogP contribution in [0.25, 0.3) is 0 Å². The molecule has 1 unspecified atom stereocenters. The van der Waals surface area contributed by atoms with Crippen LogP contribution in [-0.2, 0) is 14.3 Å². The summed E-state index contributed by atoms with van der Waals surface area (Å²) in [5, 5.41) is 30.0. The molecule has 0 aliphatic rings. The number of nitrogens with one attached hydrogen (secondary N) is 1. The highest BCUT2D eigenvalue weighted by atomic mass is 16.6. The Morgan fingerprint density at radius 3 is 2.30 bits per heavy atom. The van der Waals surface area contributed by atoms with Crippen LogP contribution in [0, 0.1) is 0 Å². The number of carbonyl (C=O) groups is 3. The maximum Gasteiger partial charge on any atom is 0.412 e. The van der Waals surface area contributed by atoms with Gasteiger partial charge in [-0.25, -0.2) is 4.79 Å². The third kappa shape index (κ3) is 5.85. The molecule has 1 rings (SSSR count). The SMILES string of the molecule is CC(C)(C)OC(=O)Nc1cc(C(CC(=O)O)C(=O)O)ccc1O. The molecule has 0 fully saturated rings. The second-order valence-electron chi connectivity index (χ2n) is 5.89. The third-order valence-corrected chi connectivity index (χ3v) is 2.74. The smallest absolute Gasteiger partial charge is 0.412 e. The first-order valence-corrected chi connectivity index (χ1v) is 6.77. The molecule has 4 N–H and O–H groups in total. The molecule has 0 spiro atoms. The van der Waals surface area contributed by atoms with Gasteiger partial charge in [0, 0.05) is 0 Å². The van der Waals surface area contributed by atoms with Gasteiger partial charge in [0.2, 0.25) is 0 Å². The maximum absolute atomic E-state index is 11.7. The highest BCUT2D eigenvalue weighted by Crippen LogP contribution is 2.30. The quantitative estimate of drug-likeness (QED) is 0.611. The van der Waals surface area contributed by atoms with Crippen LogP contribution >= 0.6 is 0 Å². The summed E-state index contributed by atoms with van der Waals surface area (Å²) in [4.78, 5) is 33.7. The highest BCUT2D eigenvalue weighted by Gasteiger charge is 2.24. The Hall–Kier alpha value is -2.77. The number of carbonyl (C=O) groups excluding carboxylic acids is 1. The molecule has 1 amide bonds. The lowest BCUT2D eigenvalue weighted by Crippen LogP contribution is -2.27. The van der Waals surface area contributed by atoms with Crippen LogP contribution in [0.2, 0.25) is 0 Å². The van der Waals surface area contributed by atoms with E-state index in [4.69, 9.17) is 14.9 Å². The van der Waals surface area contributed by atoms with Gasteiger partial charge in [-0.15, -0.1) is 0 Å². The first kappa shape index (κ1) is 18.3. The van der Waals surface area contributed by atoms with Crippen molar-refractivity contribution in [3.8, 4) is 5.75 Å². The van der Waals surface area contributed by atoms with Gasteiger partial charge in [-0.2, -0.15) is 0 Å². The number of carboxylic acids is 2. The van der Waals surface area contributed by atoms with Crippen molar-refractivity contribution in [2.24, 2.45) is 0 Å².